The van der Waals surface area contributed by atoms with E-state index in [1.165, 1.54) is 6.42 Å². The Balaban J connectivity index is 0.000000321. The Hall–Kier alpha value is -1.94. The van der Waals surface area contributed by atoms with Crippen LogP contribution >= 0.6 is 35.3 Å². The molecule has 2 aliphatic carbocycles. The SMILES string of the molecule is CC(C)C=O.CN1CCC(c2cc(SN)cn3c(C(=N)SC(=N)C4(C#N)CC4)nc(Cl)c23)CC1.COC[C@@H]1CC1C. The van der Waals surface area contributed by atoms with Crippen LogP contribution in [-0.4, -0.2) is 64.5 Å². The number of hydrogen-bond donors (Lipinski definition) is 3. The molecule has 2 aromatic heterocycles. The Morgan fingerprint density at radius 2 is 1.98 bits per heavy atom. The number of piperidine rings is 1. The van der Waals surface area contributed by atoms with Gasteiger partial charge in [-0.1, -0.05) is 44.1 Å². The Kier molecular flexibility index (Phi) is 12.3. The number of nitrogens with zero attached hydrogens (tertiary/aromatic N) is 4. The van der Waals surface area contributed by atoms with Gasteiger partial charge < -0.3 is 14.4 Å². The van der Waals surface area contributed by atoms with Crippen molar-refractivity contribution in [2.24, 2.45) is 28.3 Å². The summed E-state index contributed by atoms with van der Waals surface area (Å²) >= 11 is 8.69. The number of ether oxygens (including phenoxy) is 1. The number of aldehydes is 1. The summed E-state index contributed by atoms with van der Waals surface area (Å²) in [6.07, 6.45) is 7.57. The van der Waals surface area contributed by atoms with Crippen LogP contribution in [0.2, 0.25) is 5.15 Å². The van der Waals surface area contributed by atoms with Crippen molar-refractivity contribution in [1.82, 2.24) is 14.3 Å². The molecule has 0 radical (unpaired) electrons. The molecular weight excluding hydrogens is 578 g/mol. The molecule has 2 atom stereocenters. The normalized spacial score (nSPS) is 21.2. The van der Waals surface area contributed by atoms with Gasteiger partial charge >= 0.3 is 0 Å². The van der Waals surface area contributed by atoms with E-state index in [2.05, 4.69) is 36.0 Å². The summed E-state index contributed by atoms with van der Waals surface area (Å²) in [6, 6.07) is 4.29. The minimum Gasteiger partial charge on any atom is -0.384 e. The highest BCUT2D eigenvalue weighted by Crippen LogP contribution is 2.49. The molecule has 2 saturated carbocycles. The molecule has 0 bridgehead atoms. The maximum atomic E-state index is 9.50. The van der Waals surface area contributed by atoms with Crippen LogP contribution in [0.1, 0.15) is 70.2 Å². The number of imidazole rings is 1. The fraction of sp³-hybridized carbons (Fsp3) is 0.621. The number of carbonyl (C=O) groups is 1. The van der Waals surface area contributed by atoms with Gasteiger partial charge in [-0.25, -0.2) is 4.98 Å². The van der Waals surface area contributed by atoms with Crippen LogP contribution in [0.4, 0.5) is 0 Å². The third-order valence-electron chi connectivity index (χ3n) is 7.73. The van der Waals surface area contributed by atoms with Gasteiger partial charge in [0.15, 0.2) is 11.0 Å². The number of nitrogens with two attached hydrogens (primary N) is 1. The molecule has 9 nitrogen and oxygen atoms in total. The molecule has 5 rings (SSSR count). The van der Waals surface area contributed by atoms with Gasteiger partial charge in [-0.15, -0.1) is 0 Å². The van der Waals surface area contributed by atoms with Crippen molar-refractivity contribution in [2.75, 3.05) is 33.9 Å². The zero-order valence-corrected chi connectivity index (χ0v) is 27.0. The summed E-state index contributed by atoms with van der Waals surface area (Å²) in [5.74, 6) is 2.79. The first kappa shape index (κ1) is 33.6. The molecule has 0 aromatic carbocycles. The van der Waals surface area contributed by atoms with Crippen LogP contribution in [0.5, 0.6) is 0 Å². The van der Waals surface area contributed by atoms with Crippen LogP contribution in [-0.2, 0) is 9.53 Å². The van der Waals surface area contributed by atoms with Gasteiger partial charge in [0.1, 0.15) is 16.7 Å². The average molecular weight is 620 g/mol. The fourth-order valence-electron chi connectivity index (χ4n) is 4.64. The summed E-state index contributed by atoms with van der Waals surface area (Å²) in [6.45, 7) is 8.99. The zero-order chi connectivity index (χ0) is 30.3. The first-order valence-electron chi connectivity index (χ1n) is 14.0. The number of pyridine rings is 1. The number of thioether (sulfide) groups is 1. The van der Waals surface area contributed by atoms with Crippen LogP contribution < -0.4 is 5.14 Å². The number of methoxy groups -OCH3 is 1. The summed E-state index contributed by atoms with van der Waals surface area (Å²) in [5, 5.41) is 32.7. The van der Waals surface area contributed by atoms with E-state index in [-0.39, 0.29) is 16.0 Å². The molecule has 1 saturated heterocycles. The van der Waals surface area contributed by atoms with Crippen molar-refractivity contribution in [1.29, 1.82) is 16.1 Å². The van der Waals surface area contributed by atoms with Crippen molar-refractivity contribution in [3.8, 4) is 6.07 Å². The molecule has 4 N–H and O–H groups in total. The summed E-state index contributed by atoms with van der Waals surface area (Å²) in [7, 11) is 3.90. The number of nitriles is 1. The zero-order valence-electron chi connectivity index (χ0n) is 24.6. The summed E-state index contributed by atoms with van der Waals surface area (Å²) in [4.78, 5) is 17.2. The van der Waals surface area contributed by atoms with E-state index in [1.807, 2.05) is 24.4 Å². The Bertz CT molecular complexity index is 1280. The molecule has 0 spiro atoms. The second-order valence-corrected chi connectivity index (χ2v) is 13.6. The lowest BCUT2D eigenvalue weighted by Crippen LogP contribution is -2.29. The highest BCUT2D eigenvalue weighted by molar-refractivity contribution is 8.26. The lowest BCUT2D eigenvalue weighted by molar-refractivity contribution is -0.110. The van der Waals surface area contributed by atoms with Crippen LogP contribution in [0, 0.1) is 45.3 Å². The standard InChI is InChI=1S/C19H22ClN7S2.C6H12O.C4H8O/c1-26-6-2-11(3-7-26)13-8-12(29-24)9-27-14(13)15(20)25-17(27)16(22)28-18(23)19(10-21)4-5-19;1-5-3-6(5)4-7-2;1-4(2)3-5/h8-9,11,22-23H,2-7,24H2,1H3;5-6H,3-4H2,1-2H3;3-4H,1-2H3/t;5?,6-;/m.0./s1. The lowest BCUT2D eigenvalue weighted by Gasteiger charge is -2.29. The van der Waals surface area contributed by atoms with Gasteiger partial charge in [-0.05, 0) is 93.6 Å². The molecule has 3 heterocycles. The third kappa shape index (κ3) is 8.78. The van der Waals surface area contributed by atoms with Crippen molar-refractivity contribution < 1.29 is 9.53 Å². The second-order valence-electron chi connectivity index (χ2n) is 11.5. The molecule has 41 heavy (non-hydrogen) atoms. The minimum atomic E-state index is -0.717. The van der Waals surface area contributed by atoms with Crippen molar-refractivity contribution in [2.45, 2.75) is 63.7 Å². The maximum absolute atomic E-state index is 9.50. The molecule has 1 aliphatic heterocycles. The predicted molar refractivity (Wildman–Crippen MR) is 169 cm³/mol. The van der Waals surface area contributed by atoms with Crippen molar-refractivity contribution in [3.63, 3.8) is 0 Å². The monoisotopic (exact) mass is 619 g/mol. The van der Waals surface area contributed by atoms with Crippen LogP contribution in [0.15, 0.2) is 17.2 Å². The van der Waals surface area contributed by atoms with Gasteiger partial charge in [0.2, 0.25) is 0 Å². The topological polar surface area (TPSA) is 144 Å². The van der Waals surface area contributed by atoms with E-state index in [0.29, 0.717) is 29.7 Å². The van der Waals surface area contributed by atoms with Crippen LogP contribution in [0.25, 0.3) is 5.52 Å². The molecular formula is C29H42ClN7O2S2. The van der Waals surface area contributed by atoms with Crippen molar-refractivity contribution >= 4 is 57.2 Å². The number of fused-ring (bicyclic) bond motifs is 1. The van der Waals surface area contributed by atoms with Gasteiger partial charge in [0.25, 0.3) is 0 Å². The smallest absolute Gasteiger partial charge is 0.171 e. The van der Waals surface area contributed by atoms with Crippen LogP contribution in [0.3, 0.4) is 0 Å². The minimum absolute atomic E-state index is 0.118. The number of halogens is 1. The number of aromatic nitrogens is 2. The Labute approximate surface area is 257 Å². The number of carbonyl (C=O) groups excluding carboxylic acids is 1. The van der Waals surface area contributed by atoms with Gasteiger partial charge in [-0.2, -0.15) is 5.26 Å². The van der Waals surface area contributed by atoms with E-state index in [9.17, 15) is 10.1 Å². The predicted octanol–water partition coefficient (Wildman–Crippen LogP) is 6.23. The Morgan fingerprint density at radius 3 is 2.41 bits per heavy atom. The first-order valence-corrected chi connectivity index (χ1v) is 16.1. The number of hydrogen-bond acceptors (Lipinski definition) is 10. The molecule has 0 amide bonds. The number of nitrogens with one attached hydrogen (secondary N) is 2. The molecule has 2 aromatic rings. The fourth-order valence-corrected chi connectivity index (χ4v) is 6.16. The molecule has 1 unspecified atom stereocenters. The maximum Gasteiger partial charge on any atom is 0.171 e. The van der Waals surface area contributed by atoms with E-state index in [1.54, 1.807) is 7.11 Å². The average Bonchev–Trinajstić information content (AvgIpc) is 3.87. The largest absolute Gasteiger partial charge is 0.384 e. The summed E-state index contributed by atoms with van der Waals surface area (Å²) in [5.41, 5.74) is 1.21. The summed E-state index contributed by atoms with van der Waals surface area (Å²) < 4.78 is 6.77. The van der Waals surface area contributed by atoms with Gasteiger partial charge in [-0.3, -0.25) is 20.4 Å². The van der Waals surface area contributed by atoms with E-state index in [4.69, 9.17) is 32.3 Å². The number of likely N-dealkylation sites (tertiary alicyclic amines) is 1. The Morgan fingerprint density at radius 1 is 1.37 bits per heavy atom. The van der Waals surface area contributed by atoms with E-state index in [0.717, 1.165) is 90.3 Å². The molecule has 12 heteroatoms. The lowest BCUT2D eigenvalue weighted by atomic mass is 9.89. The molecule has 224 valence electrons. The second kappa shape index (κ2) is 15.0. The highest BCUT2D eigenvalue weighted by Gasteiger charge is 2.48. The molecule has 3 fully saturated rings. The van der Waals surface area contributed by atoms with E-state index < -0.39 is 5.41 Å². The van der Waals surface area contributed by atoms with E-state index >= 15 is 0 Å². The van der Waals surface area contributed by atoms with Gasteiger partial charge in [0, 0.05) is 30.7 Å². The highest BCUT2D eigenvalue weighted by atomic mass is 35.5. The first-order chi connectivity index (χ1) is 19.5. The third-order valence-corrected chi connectivity index (χ3v) is 9.47. The number of rotatable bonds is 7. The van der Waals surface area contributed by atoms with Crippen molar-refractivity contribution in [3.05, 3.63) is 28.8 Å². The quantitative estimate of drug-likeness (QED) is 0.143. The van der Waals surface area contributed by atoms with Gasteiger partial charge in [0.05, 0.1) is 16.6 Å². The molecule has 3 aliphatic rings.